The molecule has 2 aromatic carbocycles. The lowest BCUT2D eigenvalue weighted by Gasteiger charge is -2.13. The summed E-state index contributed by atoms with van der Waals surface area (Å²) >= 11 is 7.42. The standard InChI is InChI=1S/C25H23ClFNO6S/c1-4-20(29)28-24-21(25(31)33-5-2)22(30)19(35-24)12-15-10-17(26)23(18(11-15)32-3)34-13-14-6-8-16(27)9-7-14/h6-12,30H,4-5,13H2,1-3H3/b19-12-,28-24?. The summed E-state index contributed by atoms with van der Waals surface area (Å²) in [6.45, 7) is 3.52. The van der Waals surface area contributed by atoms with Gasteiger partial charge in [-0.05, 0) is 48.4 Å². The number of benzene rings is 2. The number of amides is 1. The van der Waals surface area contributed by atoms with Crippen molar-refractivity contribution in [1.29, 1.82) is 0 Å². The normalized spacial score (nSPS) is 15.6. The number of carbonyl (C=O) groups excluding carboxylic acids is 2. The van der Waals surface area contributed by atoms with Crippen molar-refractivity contribution < 1.29 is 33.3 Å². The Balaban J connectivity index is 1.93. The van der Waals surface area contributed by atoms with E-state index in [1.165, 1.54) is 19.2 Å². The highest BCUT2D eigenvalue weighted by Crippen LogP contribution is 2.42. The fraction of sp³-hybridized carbons (Fsp3) is 0.240. The van der Waals surface area contributed by atoms with Crippen molar-refractivity contribution in [3.8, 4) is 11.5 Å². The molecule has 3 rings (SSSR count). The summed E-state index contributed by atoms with van der Waals surface area (Å²) in [5, 5.41) is 11.0. The molecule has 10 heteroatoms. The Morgan fingerprint density at radius 3 is 2.54 bits per heavy atom. The molecule has 0 bridgehead atoms. The quantitative estimate of drug-likeness (QED) is 0.436. The zero-order valence-corrected chi connectivity index (χ0v) is 20.8. The minimum Gasteiger partial charge on any atom is -0.506 e. The van der Waals surface area contributed by atoms with Gasteiger partial charge >= 0.3 is 5.97 Å². The first-order chi connectivity index (χ1) is 16.8. The molecule has 2 aromatic rings. The molecule has 7 nitrogen and oxygen atoms in total. The van der Waals surface area contributed by atoms with Crippen LogP contribution < -0.4 is 9.47 Å². The second-order valence-corrected chi connectivity index (χ2v) is 8.61. The summed E-state index contributed by atoms with van der Waals surface area (Å²) < 4.78 is 29.4. The fourth-order valence-electron chi connectivity index (χ4n) is 3.03. The maximum atomic E-state index is 13.1. The van der Waals surface area contributed by atoms with Crippen LogP contribution in [0.25, 0.3) is 6.08 Å². The van der Waals surface area contributed by atoms with Gasteiger partial charge in [-0.25, -0.2) is 14.2 Å². The molecule has 0 saturated heterocycles. The molecule has 184 valence electrons. The number of aliphatic imine (C=N–C) groups is 1. The third kappa shape index (κ3) is 6.43. The lowest BCUT2D eigenvalue weighted by atomic mass is 10.1. The molecule has 0 saturated carbocycles. The van der Waals surface area contributed by atoms with Gasteiger partial charge in [-0.1, -0.05) is 42.4 Å². The number of methoxy groups -OCH3 is 1. The zero-order valence-electron chi connectivity index (χ0n) is 19.3. The van der Waals surface area contributed by atoms with E-state index in [1.807, 2.05) is 0 Å². The molecule has 1 heterocycles. The molecule has 0 aromatic heterocycles. The molecule has 0 atom stereocenters. The number of thioether (sulfide) groups is 1. The van der Waals surface area contributed by atoms with Gasteiger partial charge in [0.1, 0.15) is 28.8 Å². The molecule has 0 fully saturated rings. The number of esters is 1. The van der Waals surface area contributed by atoms with E-state index in [9.17, 15) is 19.1 Å². The number of hydrogen-bond donors (Lipinski definition) is 1. The van der Waals surface area contributed by atoms with Crippen molar-refractivity contribution in [3.63, 3.8) is 0 Å². The molecule has 0 aliphatic carbocycles. The largest absolute Gasteiger partial charge is 0.506 e. The summed E-state index contributed by atoms with van der Waals surface area (Å²) in [6.07, 6.45) is 1.72. The van der Waals surface area contributed by atoms with Crippen LogP contribution in [0, 0.1) is 5.82 Å². The Bertz CT molecular complexity index is 1220. The van der Waals surface area contributed by atoms with Crippen LogP contribution in [0.4, 0.5) is 4.39 Å². The minimum atomic E-state index is -0.774. The first-order valence-corrected chi connectivity index (χ1v) is 11.8. The van der Waals surface area contributed by atoms with Gasteiger partial charge < -0.3 is 19.3 Å². The summed E-state index contributed by atoms with van der Waals surface area (Å²) in [7, 11) is 1.45. The smallest absolute Gasteiger partial charge is 0.344 e. The van der Waals surface area contributed by atoms with Gasteiger partial charge in [0.25, 0.3) is 0 Å². The Labute approximate surface area is 211 Å². The number of aliphatic hydroxyl groups is 1. The highest BCUT2D eigenvalue weighted by atomic mass is 35.5. The average molecular weight is 520 g/mol. The van der Waals surface area contributed by atoms with E-state index < -0.39 is 11.9 Å². The molecule has 1 amide bonds. The lowest BCUT2D eigenvalue weighted by Crippen LogP contribution is -2.14. The van der Waals surface area contributed by atoms with Crippen LogP contribution in [0.1, 0.15) is 31.4 Å². The summed E-state index contributed by atoms with van der Waals surface area (Å²) in [5.74, 6) is -1.27. The highest BCUT2D eigenvalue weighted by molar-refractivity contribution is 8.18. The Morgan fingerprint density at radius 2 is 1.91 bits per heavy atom. The monoisotopic (exact) mass is 519 g/mol. The number of carbonyl (C=O) groups is 2. The van der Waals surface area contributed by atoms with Crippen molar-refractivity contribution in [1.82, 2.24) is 0 Å². The predicted octanol–water partition coefficient (Wildman–Crippen LogP) is 5.86. The molecule has 1 N–H and O–H groups in total. The van der Waals surface area contributed by atoms with Crippen LogP contribution in [0.3, 0.4) is 0 Å². The van der Waals surface area contributed by atoms with Crippen LogP contribution in [-0.4, -0.2) is 35.7 Å². The Hall–Kier alpha value is -3.30. The van der Waals surface area contributed by atoms with Gasteiger partial charge in [0.2, 0.25) is 5.91 Å². The first kappa shape index (κ1) is 26.3. The van der Waals surface area contributed by atoms with E-state index in [4.69, 9.17) is 25.8 Å². The summed E-state index contributed by atoms with van der Waals surface area (Å²) in [4.78, 5) is 28.5. The third-order valence-electron chi connectivity index (χ3n) is 4.74. The van der Waals surface area contributed by atoms with E-state index in [0.717, 1.165) is 17.3 Å². The van der Waals surface area contributed by atoms with Gasteiger partial charge in [0.05, 0.1) is 23.6 Å². The SMILES string of the molecule is CCOC(=O)C1=C(O)/C(=C/c2cc(Cl)c(OCc3ccc(F)cc3)c(OC)c2)SC1=NC(=O)CC. The molecule has 35 heavy (non-hydrogen) atoms. The van der Waals surface area contributed by atoms with Crippen LogP contribution >= 0.6 is 23.4 Å². The topological polar surface area (TPSA) is 94.4 Å². The van der Waals surface area contributed by atoms with Gasteiger partial charge in [-0.2, -0.15) is 0 Å². The second-order valence-electron chi connectivity index (χ2n) is 7.17. The number of nitrogens with zero attached hydrogens (tertiary/aromatic N) is 1. The first-order valence-electron chi connectivity index (χ1n) is 10.6. The number of halogens is 2. The minimum absolute atomic E-state index is 0.0661. The number of ether oxygens (including phenoxy) is 3. The Kier molecular flexibility index (Phi) is 8.95. The lowest BCUT2D eigenvalue weighted by molar-refractivity contribution is -0.138. The Morgan fingerprint density at radius 1 is 1.20 bits per heavy atom. The molecular weight excluding hydrogens is 497 g/mol. The molecule has 0 radical (unpaired) electrons. The number of aliphatic hydroxyl groups excluding tert-OH is 1. The maximum Gasteiger partial charge on any atom is 0.344 e. The second kappa shape index (κ2) is 11.9. The highest BCUT2D eigenvalue weighted by Gasteiger charge is 2.33. The molecular formula is C25H23ClFNO6S. The van der Waals surface area contributed by atoms with Crippen molar-refractivity contribution in [2.75, 3.05) is 13.7 Å². The van der Waals surface area contributed by atoms with E-state index in [1.54, 1.807) is 44.2 Å². The van der Waals surface area contributed by atoms with Crippen LogP contribution in [0.5, 0.6) is 11.5 Å². The van der Waals surface area contributed by atoms with E-state index in [-0.39, 0.29) is 51.8 Å². The van der Waals surface area contributed by atoms with E-state index in [2.05, 4.69) is 4.99 Å². The van der Waals surface area contributed by atoms with E-state index in [0.29, 0.717) is 17.1 Å². The fourth-order valence-corrected chi connectivity index (χ4v) is 4.34. The van der Waals surface area contributed by atoms with Gasteiger partial charge in [-0.3, -0.25) is 4.79 Å². The molecule has 1 aliphatic rings. The van der Waals surface area contributed by atoms with Crippen molar-refractivity contribution >= 4 is 46.4 Å². The predicted molar refractivity (Wildman–Crippen MR) is 133 cm³/mol. The van der Waals surface area contributed by atoms with Gasteiger partial charge in [0, 0.05) is 6.42 Å². The maximum absolute atomic E-state index is 13.1. The molecule has 0 unspecified atom stereocenters. The summed E-state index contributed by atoms with van der Waals surface area (Å²) in [5.41, 5.74) is 1.12. The van der Waals surface area contributed by atoms with Gasteiger partial charge in [0.15, 0.2) is 11.5 Å². The third-order valence-corrected chi connectivity index (χ3v) is 6.05. The van der Waals surface area contributed by atoms with Crippen LogP contribution in [0.2, 0.25) is 5.02 Å². The van der Waals surface area contributed by atoms with Crippen LogP contribution in [-0.2, 0) is 20.9 Å². The molecule has 0 spiro atoms. The van der Waals surface area contributed by atoms with Crippen molar-refractivity contribution in [2.45, 2.75) is 26.9 Å². The number of hydrogen-bond acceptors (Lipinski definition) is 7. The number of rotatable bonds is 8. The van der Waals surface area contributed by atoms with E-state index >= 15 is 0 Å². The van der Waals surface area contributed by atoms with Crippen molar-refractivity contribution in [3.05, 3.63) is 74.6 Å². The molecule has 1 aliphatic heterocycles. The van der Waals surface area contributed by atoms with Gasteiger partial charge in [-0.15, -0.1) is 0 Å². The van der Waals surface area contributed by atoms with Crippen molar-refractivity contribution in [2.24, 2.45) is 4.99 Å². The average Bonchev–Trinajstić information content (AvgIpc) is 3.13. The zero-order chi connectivity index (χ0) is 25.5. The van der Waals surface area contributed by atoms with Crippen LogP contribution in [0.15, 0.2) is 57.6 Å². The summed E-state index contributed by atoms with van der Waals surface area (Å²) in [6, 6.07) is 9.11.